The summed E-state index contributed by atoms with van der Waals surface area (Å²) in [7, 11) is 0. The van der Waals surface area contributed by atoms with Gasteiger partial charge in [0.15, 0.2) is 0 Å². The Morgan fingerprint density at radius 3 is 2.30 bits per heavy atom. The largest absolute Gasteiger partial charge is 0.0654 e. The van der Waals surface area contributed by atoms with Crippen molar-refractivity contribution in [3.63, 3.8) is 0 Å². The Labute approximate surface area is 141 Å². The van der Waals surface area contributed by atoms with Crippen LogP contribution in [0.4, 0.5) is 0 Å². The highest BCUT2D eigenvalue weighted by Gasteiger charge is 2.17. The Morgan fingerprint density at radius 1 is 0.913 bits per heavy atom. The molecular weight excluding hydrogens is 276 g/mol. The summed E-state index contributed by atoms with van der Waals surface area (Å²) in [5.41, 5.74) is 8.50. The molecule has 0 unspecified atom stereocenters. The molecule has 0 spiro atoms. The molecule has 23 heavy (non-hydrogen) atoms. The minimum Gasteiger partial charge on any atom is -0.0654 e. The van der Waals surface area contributed by atoms with Crippen molar-refractivity contribution in [1.82, 2.24) is 0 Å². The molecule has 1 aliphatic rings. The monoisotopic (exact) mass is 303 g/mol. The first-order valence-electron chi connectivity index (χ1n) is 8.78. The molecule has 0 fully saturated rings. The molecule has 0 heteroatoms. The number of hydrogen-bond donors (Lipinski definition) is 0. The van der Waals surface area contributed by atoms with Crippen LogP contribution >= 0.6 is 0 Å². The minimum atomic E-state index is 0.207. The van der Waals surface area contributed by atoms with Crippen LogP contribution in [0, 0.1) is 6.42 Å². The summed E-state index contributed by atoms with van der Waals surface area (Å²) in [6, 6.07) is 15.8. The standard InChI is InChI=1S/C23H27/c1-5-6-8-17-15-19-9-7-10-21(22(19)16-17)18-11-13-20(14-12-18)23(2,3)4/h7,9-16H,5-6,8H2,1-4H3. The second-order valence-corrected chi connectivity index (χ2v) is 7.60. The zero-order valence-corrected chi connectivity index (χ0v) is 14.8. The Morgan fingerprint density at radius 2 is 1.65 bits per heavy atom. The molecule has 0 bridgehead atoms. The van der Waals surface area contributed by atoms with Crippen molar-refractivity contribution >= 4 is 6.08 Å². The van der Waals surface area contributed by atoms with Crippen LogP contribution in [0.25, 0.3) is 17.2 Å². The van der Waals surface area contributed by atoms with Crippen molar-refractivity contribution in [3.8, 4) is 11.1 Å². The van der Waals surface area contributed by atoms with Crippen molar-refractivity contribution < 1.29 is 0 Å². The van der Waals surface area contributed by atoms with E-state index in [-0.39, 0.29) is 5.41 Å². The van der Waals surface area contributed by atoms with Crippen molar-refractivity contribution in [2.45, 2.75) is 52.4 Å². The highest BCUT2D eigenvalue weighted by atomic mass is 14.2. The fourth-order valence-electron chi connectivity index (χ4n) is 3.22. The first-order chi connectivity index (χ1) is 11.0. The van der Waals surface area contributed by atoms with E-state index in [4.69, 9.17) is 0 Å². The second kappa shape index (κ2) is 6.35. The lowest BCUT2D eigenvalue weighted by atomic mass is 9.86. The predicted octanol–water partition coefficient (Wildman–Crippen LogP) is 6.79. The topological polar surface area (TPSA) is 0 Å². The van der Waals surface area contributed by atoms with Crippen LogP contribution in [0.1, 0.15) is 63.6 Å². The lowest BCUT2D eigenvalue weighted by molar-refractivity contribution is 0.590. The molecule has 1 aliphatic carbocycles. The SMILES string of the molecule is CCCCC1=Cc2c(cccc2-c2ccc(C(C)(C)C)cc2)[CH]1. The Hall–Kier alpha value is -1.82. The maximum atomic E-state index is 2.39. The van der Waals surface area contributed by atoms with Gasteiger partial charge in [-0.3, -0.25) is 0 Å². The maximum Gasteiger partial charge on any atom is 0.0164 e. The molecular formula is C23H27. The third-order valence-corrected chi connectivity index (χ3v) is 4.69. The van der Waals surface area contributed by atoms with Gasteiger partial charge >= 0.3 is 0 Å². The van der Waals surface area contributed by atoms with Crippen LogP contribution in [0.2, 0.25) is 0 Å². The van der Waals surface area contributed by atoms with E-state index in [2.05, 4.69) is 82.7 Å². The zero-order chi connectivity index (χ0) is 16.4. The van der Waals surface area contributed by atoms with Gasteiger partial charge in [-0.25, -0.2) is 0 Å². The molecule has 119 valence electrons. The van der Waals surface area contributed by atoms with Crippen LogP contribution < -0.4 is 0 Å². The molecule has 0 aromatic heterocycles. The smallest absolute Gasteiger partial charge is 0.0164 e. The van der Waals surface area contributed by atoms with Gasteiger partial charge in [0.1, 0.15) is 0 Å². The van der Waals surface area contributed by atoms with Gasteiger partial charge in [0.25, 0.3) is 0 Å². The van der Waals surface area contributed by atoms with Gasteiger partial charge in [-0.1, -0.05) is 88.2 Å². The summed E-state index contributed by atoms with van der Waals surface area (Å²) in [4.78, 5) is 0. The van der Waals surface area contributed by atoms with Gasteiger partial charge in [0, 0.05) is 6.42 Å². The molecule has 1 radical (unpaired) electrons. The predicted molar refractivity (Wildman–Crippen MR) is 101 cm³/mol. The normalized spacial score (nSPS) is 13.8. The average Bonchev–Trinajstić information content (AvgIpc) is 2.95. The molecule has 0 atom stereocenters. The summed E-state index contributed by atoms with van der Waals surface area (Å²) >= 11 is 0. The average molecular weight is 303 g/mol. The number of rotatable bonds is 4. The van der Waals surface area contributed by atoms with E-state index in [1.54, 1.807) is 0 Å². The van der Waals surface area contributed by atoms with Gasteiger partial charge < -0.3 is 0 Å². The van der Waals surface area contributed by atoms with Crippen LogP contribution in [0.3, 0.4) is 0 Å². The van der Waals surface area contributed by atoms with E-state index in [0.29, 0.717) is 0 Å². The molecule has 0 N–H and O–H groups in total. The summed E-state index contributed by atoms with van der Waals surface area (Å²) in [6.45, 7) is 9.05. The van der Waals surface area contributed by atoms with Gasteiger partial charge in [-0.15, -0.1) is 0 Å². The van der Waals surface area contributed by atoms with Crippen LogP contribution in [-0.4, -0.2) is 0 Å². The fourth-order valence-corrected chi connectivity index (χ4v) is 3.22. The Balaban J connectivity index is 1.93. The van der Waals surface area contributed by atoms with Gasteiger partial charge in [-0.2, -0.15) is 0 Å². The van der Waals surface area contributed by atoms with Crippen molar-refractivity contribution in [1.29, 1.82) is 0 Å². The van der Waals surface area contributed by atoms with Gasteiger partial charge in [-0.05, 0) is 46.1 Å². The lowest BCUT2D eigenvalue weighted by Gasteiger charge is -2.19. The minimum absolute atomic E-state index is 0.207. The molecule has 0 saturated heterocycles. The van der Waals surface area contributed by atoms with Gasteiger partial charge in [0.05, 0.1) is 0 Å². The zero-order valence-electron chi connectivity index (χ0n) is 14.8. The van der Waals surface area contributed by atoms with E-state index in [9.17, 15) is 0 Å². The van der Waals surface area contributed by atoms with E-state index in [1.165, 1.54) is 52.7 Å². The summed E-state index contributed by atoms with van der Waals surface area (Å²) in [5, 5.41) is 0. The lowest BCUT2D eigenvalue weighted by Crippen LogP contribution is -2.10. The number of allylic oxidation sites excluding steroid dienone is 1. The molecule has 2 aromatic carbocycles. The first-order valence-corrected chi connectivity index (χ1v) is 8.78. The quantitative estimate of drug-likeness (QED) is 0.583. The Kier molecular flexibility index (Phi) is 4.43. The van der Waals surface area contributed by atoms with Crippen LogP contribution in [0.15, 0.2) is 48.0 Å². The van der Waals surface area contributed by atoms with E-state index in [1.807, 2.05) is 0 Å². The molecule has 0 aliphatic heterocycles. The second-order valence-electron chi connectivity index (χ2n) is 7.60. The molecule has 0 saturated carbocycles. The number of fused-ring (bicyclic) bond motifs is 1. The van der Waals surface area contributed by atoms with E-state index >= 15 is 0 Å². The summed E-state index contributed by atoms with van der Waals surface area (Å²) < 4.78 is 0. The third kappa shape index (κ3) is 3.42. The summed E-state index contributed by atoms with van der Waals surface area (Å²) in [5.74, 6) is 0. The highest BCUT2D eigenvalue weighted by molar-refractivity contribution is 5.83. The molecule has 3 rings (SSSR count). The fraction of sp³-hybridized carbons (Fsp3) is 0.348. The van der Waals surface area contributed by atoms with Crippen molar-refractivity contribution in [2.24, 2.45) is 0 Å². The number of unbranched alkanes of at least 4 members (excludes halogenated alkanes) is 1. The number of benzene rings is 2. The van der Waals surface area contributed by atoms with E-state index in [0.717, 1.165) is 0 Å². The third-order valence-electron chi connectivity index (χ3n) is 4.69. The summed E-state index contributed by atoms with van der Waals surface area (Å²) in [6.07, 6.45) is 8.46. The molecule has 2 aromatic rings. The van der Waals surface area contributed by atoms with Crippen molar-refractivity contribution in [2.75, 3.05) is 0 Å². The molecule has 0 amide bonds. The van der Waals surface area contributed by atoms with Crippen molar-refractivity contribution in [3.05, 3.63) is 71.1 Å². The van der Waals surface area contributed by atoms with Crippen LogP contribution in [0.5, 0.6) is 0 Å². The Bertz CT molecular complexity index is 709. The van der Waals surface area contributed by atoms with Crippen LogP contribution in [-0.2, 0) is 5.41 Å². The van der Waals surface area contributed by atoms with Gasteiger partial charge in [0.2, 0.25) is 0 Å². The molecule has 0 heterocycles. The first kappa shape index (κ1) is 16.1. The highest BCUT2D eigenvalue weighted by Crippen LogP contribution is 2.37. The number of hydrogen-bond acceptors (Lipinski definition) is 0. The maximum absolute atomic E-state index is 2.39. The molecule has 0 nitrogen and oxygen atoms in total. The van der Waals surface area contributed by atoms with E-state index < -0.39 is 0 Å².